The van der Waals surface area contributed by atoms with Crippen LogP contribution >= 0.6 is 11.6 Å². The molecule has 1 aliphatic rings. The zero-order valence-corrected chi connectivity index (χ0v) is 16.5. The van der Waals surface area contributed by atoms with Crippen LogP contribution in [0.25, 0.3) is 0 Å². The topological polar surface area (TPSA) is 75.7 Å². The first-order valence-electron chi connectivity index (χ1n) is 8.32. The number of halogens is 1. The molecule has 0 saturated carbocycles. The van der Waals surface area contributed by atoms with Crippen LogP contribution in [0.2, 0.25) is 5.02 Å². The Labute approximate surface area is 154 Å². The summed E-state index contributed by atoms with van der Waals surface area (Å²) in [5.74, 6) is -0.419. The molecule has 2 rings (SSSR count). The van der Waals surface area contributed by atoms with Gasteiger partial charge in [-0.2, -0.15) is 4.72 Å². The average molecular weight is 389 g/mol. The van der Waals surface area contributed by atoms with Crippen LogP contribution in [0.1, 0.15) is 27.7 Å². The van der Waals surface area contributed by atoms with Crippen molar-refractivity contribution in [3.05, 3.63) is 29.3 Å². The summed E-state index contributed by atoms with van der Waals surface area (Å²) in [6.07, 6.45) is -0.151. The first kappa shape index (κ1) is 20.2. The molecule has 6 nitrogen and oxygen atoms in total. The fourth-order valence-electron chi connectivity index (χ4n) is 2.88. The smallest absolute Gasteiger partial charge is 0.241 e. The third kappa shape index (κ3) is 5.17. The Kier molecular flexibility index (Phi) is 6.48. The summed E-state index contributed by atoms with van der Waals surface area (Å²) in [6.45, 7) is 8.35. The summed E-state index contributed by atoms with van der Waals surface area (Å²) in [4.78, 5) is 14.7. The minimum Gasteiger partial charge on any atom is -0.372 e. The second-order valence-corrected chi connectivity index (χ2v) is 8.95. The highest BCUT2D eigenvalue weighted by atomic mass is 35.5. The quantitative estimate of drug-likeness (QED) is 0.839. The lowest BCUT2D eigenvalue weighted by atomic mass is 10.0. The number of amides is 1. The first-order chi connectivity index (χ1) is 11.6. The molecule has 0 radical (unpaired) electrons. The number of nitrogens with zero attached hydrogens (tertiary/aromatic N) is 1. The normalized spacial score (nSPS) is 22.9. The molecular formula is C17H25ClN2O4S. The molecule has 0 bridgehead atoms. The Hall–Kier alpha value is -1.15. The van der Waals surface area contributed by atoms with Crippen molar-refractivity contribution in [2.24, 2.45) is 5.92 Å². The maximum absolute atomic E-state index is 12.9. The maximum atomic E-state index is 12.9. The van der Waals surface area contributed by atoms with Gasteiger partial charge < -0.3 is 9.64 Å². The molecule has 0 aromatic heterocycles. The van der Waals surface area contributed by atoms with Gasteiger partial charge in [-0.15, -0.1) is 0 Å². The molecule has 0 aliphatic carbocycles. The number of benzene rings is 1. The molecule has 3 atom stereocenters. The summed E-state index contributed by atoms with van der Waals surface area (Å²) in [6, 6.07) is 5.02. The minimum absolute atomic E-state index is 0.0756. The molecule has 1 fully saturated rings. The van der Waals surface area contributed by atoms with Crippen molar-refractivity contribution in [3.8, 4) is 0 Å². The Morgan fingerprint density at radius 3 is 2.20 bits per heavy atom. The molecule has 0 unspecified atom stereocenters. The van der Waals surface area contributed by atoms with Crippen LogP contribution < -0.4 is 4.72 Å². The fraction of sp³-hybridized carbons (Fsp3) is 0.588. The van der Waals surface area contributed by atoms with E-state index in [1.807, 2.05) is 27.7 Å². The van der Waals surface area contributed by atoms with Crippen LogP contribution in [0.4, 0.5) is 0 Å². The zero-order chi connectivity index (χ0) is 18.8. The highest BCUT2D eigenvalue weighted by Crippen LogP contribution is 2.18. The molecule has 1 aliphatic heterocycles. The predicted molar refractivity (Wildman–Crippen MR) is 97.0 cm³/mol. The second kappa shape index (κ2) is 8.03. The third-order valence-electron chi connectivity index (χ3n) is 4.07. The predicted octanol–water partition coefficient (Wildman–Crippen LogP) is 2.28. The second-order valence-electron chi connectivity index (χ2n) is 6.80. The van der Waals surface area contributed by atoms with E-state index in [1.54, 1.807) is 4.90 Å². The highest BCUT2D eigenvalue weighted by molar-refractivity contribution is 7.89. The summed E-state index contributed by atoms with van der Waals surface area (Å²) in [5.41, 5.74) is 0. The molecule has 1 N–H and O–H groups in total. The SMILES string of the molecule is CC(C)[C@@H](NS(=O)(=O)c1ccc(Cl)cc1)C(=O)N1C[C@@H](C)O[C@@H](C)C1. The maximum Gasteiger partial charge on any atom is 0.241 e. The van der Waals surface area contributed by atoms with E-state index in [0.29, 0.717) is 18.1 Å². The van der Waals surface area contributed by atoms with E-state index in [2.05, 4.69) is 4.72 Å². The van der Waals surface area contributed by atoms with Crippen molar-refractivity contribution in [2.75, 3.05) is 13.1 Å². The minimum atomic E-state index is -3.82. The van der Waals surface area contributed by atoms with Gasteiger partial charge in [-0.05, 0) is 44.0 Å². The standard InChI is InChI=1S/C17H25ClN2O4S/c1-11(2)16(17(21)20-9-12(3)24-13(4)10-20)19-25(22,23)15-7-5-14(18)6-8-15/h5-8,11-13,16,19H,9-10H2,1-4H3/t12-,13+,16-/m1/s1. The van der Waals surface area contributed by atoms with Gasteiger partial charge in [-0.25, -0.2) is 8.42 Å². The van der Waals surface area contributed by atoms with Crippen molar-refractivity contribution in [1.29, 1.82) is 0 Å². The number of hydrogen-bond acceptors (Lipinski definition) is 4. The van der Waals surface area contributed by atoms with E-state index < -0.39 is 16.1 Å². The Morgan fingerprint density at radius 1 is 1.20 bits per heavy atom. The Morgan fingerprint density at radius 2 is 1.72 bits per heavy atom. The molecule has 140 valence electrons. The molecule has 1 amide bonds. The van der Waals surface area contributed by atoms with E-state index in [-0.39, 0.29) is 28.9 Å². The summed E-state index contributed by atoms with van der Waals surface area (Å²) in [7, 11) is -3.82. The van der Waals surface area contributed by atoms with Crippen molar-refractivity contribution in [1.82, 2.24) is 9.62 Å². The van der Waals surface area contributed by atoms with Gasteiger partial charge in [0, 0.05) is 18.1 Å². The van der Waals surface area contributed by atoms with Crippen molar-refractivity contribution < 1.29 is 17.9 Å². The summed E-state index contributed by atoms with van der Waals surface area (Å²) in [5, 5.41) is 0.451. The third-order valence-corrected chi connectivity index (χ3v) is 5.78. The van der Waals surface area contributed by atoms with Gasteiger partial charge in [0.25, 0.3) is 0 Å². The van der Waals surface area contributed by atoms with Crippen molar-refractivity contribution >= 4 is 27.5 Å². The number of sulfonamides is 1. The Bertz CT molecular complexity index is 696. The van der Waals surface area contributed by atoms with E-state index in [1.165, 1.54) is 24.3 Å². The van der Waals surface area contributed by atoms with Crippen molar-refractivity contribution in [3.63, 3.8) is 0 Å². The van der Waals surface area contributed by atoms with Crippen LogP contribution in [-0.4, -0.2) is 50.6 Å². The molecule has 25 heavy (non-hydrogen) atoms. The Balaban J connectivity index is 2.20. The van der Waals surface area contributed by atoms with E-state index in [0.717, 1.165) is 0 Å². The van der Waals surface area contributed by atoms with E-state index in [9.17, 15) is 13.2 Å². The molecule has 0 spiro atoms. The number of carbonyl (C=O) groups excluding carboxylic acids is 1. The zero-order valence-electron chi connectivity index (χ0n) is 14.9. The van der Waals surface area contributed by atoms with Crippen LogP contribution in [0.5, 0.6) is 0 Å². The highest BCUT2D eigenvalue weighted by Gasteiger charge is 2.34. The molecule has 1 aromatic carbocycles. The molecule has 8 heteroatoms. The number of hydrogen-bond donors (Lipinski definition) is 1. The lowest BCUT2D eigenvalue weighted by Gasteiger charge is -2.38. The van der Waals surface area contributed by atoms with Gasteiger partial charge in [0.1, 0.15) is 6.04 Å². The lowest BCUT2D eigenvalue weighted by Crippen LogP contribution is -2.56. The van der Waals surface area contributed by atoms with Gasteiger partial charge >= 0.3 is 0 Å². The molecular weight excluding hydrogens is 364 g/mol. The van der Waals surface area contributed by atoms with Gasteiger partial charge in [-0.3, -0.25) is 4.79 Å². The number of morpholine rings is 1. The summed E-state index contributed by atoms with van der Waals surface area (Å²) >= 11 is 5.81. The number of nitrogens with one attached hydrogen (secondary N) is 1. The fourth-order valence-corrected chi connectivity index (χ4v) is 4.34. The van der Waals surface area contributed by atoms with Crippen LogP contribution in [0.3, 0.4) is 0 Å². The van der Waals surface area contributed by atoms with Crippen LogP contribution in [0.15, 0.2) is 29.2 Å². The van der Waals surface area contributed by atoms with Gasteiger partial charge in [0.05, 0.1) is 17.1 Å². The monoisotopic (exact) mass is 388 g/mol. The largest absolute Gasteiger partial charge is 0.372 e. The van der Waals surface area contributed by atoms with Gasteiger partial charge in [-0.1, -0.05) is 25.4 Å². The van der Waals surface area contributed by atoms with E-state index in [4.69, 9.17) is 16.3 Å². The van der Waals surface area contributed by atoms with Gasteiger partial charge in [0.15, 0.2) is 0 Å². The summed E-state index contributed by atoms with van der Waals surface area (Å²) < 4.78 is 33.4. The number of carbonyl (C=O) groups is 1. The molecule has 1 saturated heterocycles. The van der Waals surface area contributed by atoms with Gasteiger partial charge in [0.2, 0.25) is 15.9 Å². The number of rotatable bonds is 5. The van der Waals surface area contributed by atoms with E-state index >= 15 is 0 Å². The van der Waals surface area contributed by atoms with Crippen LogP contribution in [-0.2, 0) is 19.6 Å². The lowest BCUT2D eigenvalue weighted by molar-refractivity contribution is -0.145. The van der Waals surface area contributed by atoms with Crippen molar-refractivity contribution in [2.45, 2.75) is 50.8 Å². The number of ether oxygens (including phenoxy) is 1. The molecule has 1 aromatic rings. The molecule has 1 heterocycles. The first-order valence-corrected chi connectivity index (χ1v) is 10.2. The van der Waals surface area contributed by atoms with Crippen LogP contribution in [0, 0.1) is 5.92 Å². The average Bonchev–Trinajstić information content (AvgIpc) is 2.51.